The van der Waals surface area contributed by atoms with Crippen LogP contribution in [0.2, 0.25) is 5.02 Å². The highest BCUT2D eigenvalue weighted by molar-refractivity contribution is 7.92. The van der Waals surface area contributed by atoms with Crippen LogP contribution in [0.3, 0.4) is 0 Å². The van der Waals surface area contributed by atoms with Crippen molar-refractivity contribution in [2.24, 2.45) is 0 Å². The van der Waals surface area contributed by atoms with Crippen LogP contribution in [0.25, 0.3) is 11.0 Å². The Morgan fingerprint density at radius 2 is 1.78 bits per heavy atom. The van der Waals surface area contributed by atoms with Gasteiger partial charge in [-0.15, -0.1) is 0 Å². The fraction of sp³-hybridized carbons (Fsp3) is 0.0800. The van der Waals surface area contributed by atoms with Crippen LogP contribution in [0.4, 0.5) is 5.69 Å². The van der Waals surface area contributed by atoms with E-state index < -0.39 is 27.9 Å². The molecule has 186 valence electrons. The highest BCUT2D eigenvalue weighted by atomic mass is 35.5. The van der Waals surface area contributed by atoms with Crippen LogP contribution in [-0.4, -0.2) is 41.4 Å². The summed E-state index contributed by atoms with van der Waals surface area (Å²) in [7, 11) is -4.18. The maximum Gasteiger partial charge on any atom is 0.326 e. The number of amides is 1. The van der Waals surface area contributed by atoms with Crippen LogP contribution in [0.15, 0.2) is 78.0 Å². The van der Waals surface area contributed by atoms with Gasteiger partial charge in [0.1, 0.15) is 6.04 Å². The molecular weight excluding hydrogens is 518 g/mol. The normalized spacial score (nSPS) is 11.9. The first-order valence-corrected chi connectivity index (χ1v) is 12.6. The number of hydrogen-bond donors (Lipinski definition) is 3. The lowest BCUT2D eigenvalue weighted by molar-refractivity contribution is -0.139. The summed E-state index contributed by atoms with van der Waals surface area (Å²) in [6.07, 6.45) is 2.82. The second kappa shape index (κ2) is 10.6. The number of nitriles is 1. The molecule has 0 radical (unpaired) electrons. The van der Waals surface area contributed by atoms with Gasteiger partial charge < -0.3 is 10.4 Å². The lowest BCUT2D eigenvalue weighted by Gasteiger charge is -2.17. The molecule has 0 fully saturated rings. The molecule has 0 aliphatic heterocycles. The first kappa shape index (κ1) is 25.6. The summed E-state index contributed by atoms with van der Waals surface area (Å²) in [5, 5.41) is 21.3. The number of halogens is 1. The molecule has 4 aromatic rings. The van der Waals surface area contributed by atoms with Gasteiger partial charge in [0.05, 0.1) is 38.8 Å². The molecule has 0 unspecified atom stereocenters. The third kappa shape index (κ3) is 6.00. The van der Waals surface area contributed by atoms with Crippen LogP contribution in [-0.2, 0) is 21.2 Å². The Hall–Kier alpha value is -4.53. The Morgan fingerprint density at radius 3 is 2.51 bits per heavy atom. The number of sulfonamides is 1. The predicted octanol–water partition coefficient (Wildman–Crippen LogP) is 3.38. The summed E-state index contributed by atoms with van der Waals surface area (Å²) in [6.45, 7) is 0. The molecule has 10 nitrogen and oxygen atoms in total. The number of nitrogens with zero attached hydrogens (tertiary/aromatic N) is 3. The van der Waals surface area contributed by atoms with Gasteiger partial charge in [-0.3, -0.25) is 19.5 Å². The van der Waals surface area contributed by atoms with Gasteiger partial charge in [-0.05, 0) is 54.1 Å². The minimum atomic E-state index is -4.18. The van der Waals surface area contributed by atoms with Gasteiger partial charge in [-0.2, -0.15) is 5.26 Å². The number of nitrogens with one attached hydrogen (secondary N) is 2. The summed E-state index contributed by atoms with van der Waals surface area (Å²) in [4.78, 5) is 33.0. The predicted molar refractivity (Wildman–Crippen MR) is 136 cm³/mol. The van der Waals surface area contributed by atoms with E-state index in [9.17, 15) is 23.1 Å². The molecular formula is C25H18ClN5O5S. The van der Waals surface area contributed by atoms with Crippen molar-refractivity contribution in [1.82, 2.24) is 15.3 Å². The Bertz CT molecular complexity index is 1670. The van der Waals surface area contributed by atoms with Crippen molar-refractivity contribution in [3.8, 4) is 6.07 Å². The lowest BCUT2D eigenvalue weighted by atomic mass is 10.0. The molecule has 3 N–H and O–H groups in total. The molecule has 0 aliphatic rings. The molecule has 0 saturated carbocycles. The zero-order valence-corrected chi connectivity index (χ0v) is 20.5. The van der Waals surface area contributed by atoms with Gasteiger partial charge in [0.2, 0.25) is 0 Å². The zero-order chi connectivity index (χ0) is 26.6. The van der Waals surface area contributed by atoms with Crippen molar-refractivity contribution in [3.63, 3.8) is 0 Å². The average molecular weight is 536 g/mol. The highest BCUT2D eigenvalue weighted by Crippen LogP contribution is 2.25. The lowest BCUT2D eigenvalue weighted by Crippen LogP contribution is -2.42. The fourth-order valence-electron chi connectivity index (χ4n) is 3.55. The smallest absolute Gasteiger partial charge is 0.326 e. The number of fused-ring (bicyclic) bond motifs is 1. The minimum Gasteiger partial charge on any atom is -0.480 e. The third-order valence-corrected chi connectivity index (χ3v) is 6.92. The summed E-state index contributed by atoms with van der Waals surface area (Å²) >= 11 is 6.06. The number of carbonyl (C=O) groups is 2. The molecule has 1 heterocycles. The Kier molecular flexibility index (Phi) is 7.33. The second-order valence-corrected chi connectivity index (χ2v) is 10.0. The number of carbonyl (C=O) groups excluding carboxylic acids is 1. The number of aromatic nitrogens is 2. The summed E-state index contributed by atoms with van der Waals surface area (Å²) in [5.74, 6) is -2.13. The number of rotatable bonds is 8. The van der Waals surface area contributed by atoms with Gasteiger partial charge in [0.25, 0.3) is 15.9 Å². The average Bonchev–Trinajstić information content (AvgIpc) is 2.87. The molecule has 12 heteroatoms. The number of carboxylic acids is 1. The maximum atomic E-state index is 13.1. The van der Waals surface area contributed by atoms with E-state index >= 15 is 0 Å². The van der Waals surface area contributed by atoms with Crippen LogP contribution < -0.4 is 10.0 Å². The van der Waals surface area contributed by atoms with Crippen molar-refractivity contribution >= 4 is 50.2 Å². The van der Waals surface area contributed by atoms with E-state index in [4.69, 9.17) is 16.9 Å². The number of carboxylic acid groups (broad SMARTS) is 1. The number of hydrogen-bond acceptors (Lipinski definition) is 7. The van der Waals surface area contributed by atoms with E-state index in [1.807, 2.05) is 6.07 Å². The van der Waals surface area contributed by atoms with E-state index in [-0.39, 0.29) is 27.6 Å². The van der Waals surface area contributed by atoms with E-state index in [2.05, 4.69) is 20.0 Å². The van der Waals surface area contributed by atoms with E-state index in [1.165, 1.54) is 54.9 Å². The van der Waals surface area contributed by atoms with Crippen LogP contribution in [0, 0.1) is 11.3 Å². The quantitative estimate of drug-likeness (QED) is 0.309. The second-order valence-electron chi connectivity index (χ2n) is 7.88. The molecule has 1 atom stereocenters. The first-order chi connectivity index (χ1) is 17.7. The SMILES string of the molecule is N#Cc1cccc(C[C@H](NC(=O)c2ccc(Cl)cc2NS(=O)(=O)c2ccc3nccnc3c2)C(=O)O)c1. The maximum absolute atomic E-state index is 13.1. The Morgan fingerprint density at radius 1 is 1.03 bits per heavy atom. The van der Waals surface area contributed by atoms with Crippen molar-refractivity contribution in [1.29, 1.82) is 5.26 Å². The number of anilines is 1. The summed E-state index contributed by atoms with van der Waals surface area (Å²) < 4.78 is 28.6. The van der Waals surface area contributed by atoms with Crippen molar-refractivity contribution in [3.05, 3.63) is 94.8 Å². The summed E-state index contributed by atoms with van der Waals surface area (Å²) in [5.41, 5.74) is 1.47. The molecule has 1 amide bonds. The van der Waals surface area contributed by atoms with Crippen molar-refractivity contribution < 1.29 is 23.1 Å². The number of benzene rings is 3. The van der Waals surface area contributed by atoms with E-state index in [0.717, 1.165) is 0 Å². The molecule has 0 spiro atoms. The molecule has 1 aromatic heterocycles. The topological polar surface area (TPSA) is 162 Å². The van der Waals surface area contributed by atoms with Gasteiger partial charge in [-0.25, -0.2) is 13.2 Å². The molecule has 0 bridgehead atoms. The standard InChI is InChI=1S/C25H18ClN5O5S/c26-17-4-6-19(24(32)30-23(25(33)34)11-15-2-1-3-16(10-15)14-27)21(12-17)31-37(35,36)18-5-7-20-22(13-18)29-9-8-28-20/h1-10,12-13,23,31H,11H2,(H,30,32)(H,33,34)/t23-/m0/s1. The molecule has 0 aliphatic carbocycles. The first-order valence-electron chi connectivity index (χ1n) is 10.7. The molecule has 0 saturated heterocycles. The van der Waals surface area contributed by atoms with Gasteiger partial charge in [0, 0.05) is 23.8 Å². The monoisotopic (exact) mass is 535 g/mol. The summed E-state index contributed by atoms with van der Waals surface area (Å²) in [6, 6.07) is 15.1. The van der Waals surface area contributed by atoms with Crippen molar-refractivity contribution in [2.75, 3.05) is 4.72 Å². The molecule has 3 aromatic carbocycles. The van der Waals surface area contributed by atoms with Crippen LogP contribution >= 0.6 is 11.6 Å². The van der Waals surface area contributed by atoms with Crippen LogP contribution in [0.1, 0.15) is 21.5 Å². The zero-order valence-electron chi connectivity index (χ0n) is 18.9. The van der Waals surface area contributed by atoms with Gasteiger partial charge in [-0.1, -0.05) is 23.7 Å². The van der Waals surface area contributed by atoms with E-state index in [1.54, 1.807) is 18.2 Å². The van der Waals surface area contributed by atoms with Gasteiger partial charge in [0.15, 0.2) is 0 Å². The van der Waals surface area contributed by atoms with Crippen molar-refractivity contribution in [2.45, 2.75) is 17.4 Å². The molecule has 37 heavy (non-hydrogen) atoms. The third-order valence-electron chi connectivity index (χ3n) is 5.32. The van der Waals surface area contributed by atoms with Crippen LogP contribution in [0.5, 0.6) is 0 Å². The van der Waals surface area contributed by atoms with Gasteiger partial charge >= 0.3 is 5.97 Å². The largest absolute Gasteiger partial charge is 0.480 e. The van der Waals surface area contributed by atoms with E-state index in [0.29, 0.717) is 22.2 Å². The Balaban J connectivity index is 1.61. The fourth-order valence-corrected chi connectivity index (χ4v) is 4.81. The minimum absolute atomic E-state index is 0.0939. The highest BCUT2D eigenvalue weighted by Gasteiger charge is 2.25. The molecule has 4 rings (SSSR count). The Labute approximate surface area is 216 Å². The number of aliphatic carboxylic acids is 1.